The summed E-state index contributed by atoms with van der Waals surface area (Å²) in [6, 6.07) is 10.1. The highest BCUT2D eigenvalue weighted by molar-refractivity contribution is 9.09. The van der Waals surface area contributed by atoms with E-state index in [2.05, 4.69) is 20.9 Å². The van der Waals surface area contributed by atoms with E-state index in [9.17, 15) is 9.59 Å². The van der Waals surface area contributed by atoms with E-state index < -0.39 is 12.0 Å². The zero-order chi connectivity index (χ0) is 22.5. The zero-order valence-electron chi connectivity index (χ0n) is 17.0. The van der Waals surface area contributed by atoms with Gasteiger partial charge in [0.1, 0.15) is 11.8 Å². The Morgan fingerprint density at radius 3 is 2.58 bits per heavy atom. The summed E-state index contributed by atoms with van der Waals surface area (Å²) in [6.07, 6.45) is 2.11. The van der Waals surface area contributed by atoms with Gasteiger partial charge >= 0.3 is 5.97 Å². The van der Waals surface area contributed by atoms with Crippen LogP contribution >= 0.6 is 39.1 Å². The van der Waals surface area contributed by atoms with E-state index in [0.29, 0.717) is 21.4 Å². The average Bonchev–Trinajstić information content (AvgIpc) is 3.17. The Morgan fingerprint density at radius 1 is 1.16 bits per heavy atom. The third-order valence-corrected chi connectivity index (χ3v) is 5.98. The number of H-pyrrole nitrogens is 1. The van der Waals surface area contributed by atoms with Gasteiger partial charge in [0.15, 0.2) is 0 Å². The number of ether oxygens (including phenoxy) is 2. The maximum atomic E-state index is 12.9. The van der Waals surface area contributed by atoms with Crippen molar-refractivity contribution in [3.63, 3.8) is 0 Å². The van der Waals surface area contributed by atoms with Crippen LogP contribution in [0, 0.1) is 0 Å². The van der Waals surface area contributed by atoms with Crippen LogP contribution in [0.3, 0.4) is 0 Å². The van der Waals surface area contributed by atoms with Gasteiger partial charge in [0.2, 0.25) is 5.91 Å². The van der Waals surface area contributed by atoms with Crippen LogP contribution in [0.15, 0.2) is 42.6 Å². The number of esters is 1. The molecular weight excluding hydrogens is 507 g/mol. The van der Waals surface area contributed by atoms with Gasteiger partial charge in [-0.3, -0.25) is 4.79 Å². The molecule has 0 radical (unpaired) electrons. The lowest BCUT2D eigenvalue weighted by Gasteiger charge is -2.30. The molecule has 3 rings (SSSR count). The van der Waals surface area contributed by atoms with Crippen molar-refractivity contribution in [1.29, 1.82) is 0 Å². The number of aromatic nitrogens is 1. The maximum Gasteiger partial charge on any atom is 0.328 e. The van der Waals surface area contributed by atoms with Crippen molar-refractivity contribution >= 4 is 61.9 Å². The largest absolute Gasteiger partial charge is 0.495 e. The number of hydrogen-bond donors (Lipinski definition) is 1. The summed E-state index contributed by atoms with van der Waals surface area (Å²) in [7, 11) is 2.79. The molecule has 0 unspecified atom stereocenters. The fraction of sp³-hybridized carbons (Fsp3) is 0.273. The second kappa shape index (κ2) is 10.4. The lowest BCUT2D eigenvalue weighted by Crippen LogP contribution is -2.47. The molecule has 6 nitrogen and oxygen atoms in total. The van der Waals surface area contributed by atoms with E-state index >= 15 is 0 Å². The molecule has 0 aliphatic carbocycles. The first-order valence-corrected chi connectivity index (χ1v) is 11.3. The van der Waals surface area contributed by atoms with Crippen molar-refractivity contribution in [2.75, 3.05) is 19.5 Å². The first-order chi connectivity index (χ1) is 14.9. The summed E-state index contributed by atoms with van der Waals surface area (Å²) in [6.45, 7) is 0.0655. The van der Waals surface area contributed by atoms with Gasteiger partial charge in [-0.05, 0) is 23.8 Å². The Balaban J connectivity index is 2.03. The molecule has 0 spiro atoms. The fourth-order valence-electron chi connectivity index (χ4n) is 3.56. The molecule has 3 aromatic rings. The van der Waals surface area contributed by atoms with Gasteiger partial charge in [-0.1, -0.05) is 57.3 Å². The number of carbonyl (C=O) groups is 2. The Bertz CT molecular complexity index is 1100. The van der Waals surface area contributed by atoms with E-state index in [1.165, 1.54) is 19.1 Å². The van der Waals surface area contributed by atoms with Gasteiger partial charge in [0, 0.05) is 34.1 Å². The Hall–Kier alpha value is -2.22. The average molecular weight is 528 g/mol. The predicted octanol–water partition coefficient (Wildman–Crippen LogP) is 4.99. The Labute approximate surface area is 198 Å². The maximum absolute atomic E-state index is 12.9. The standard InChI is InChI=1S/C22H21BrCl2N2O4/c1-30-21-14(7-15(24)9-17(21)25)12-27(20(28)10-23)19(22(29)31-2)8-13-11-26-18-6-4-3-5-16(13)18/h3-7,9,11,19,26H,8,10,12H2,1-2H3/t19-/m0/s1. The third-order valence-electron chi connectivity index (χ3n) is 5.00. The van der Waals surface area contributed by atoms with Crippen molar-refractivity contribution in [3.05, 3.63) is 63.8 Å². The molecule has 1 N–H and O–H groups in total. The molecule has 0 aliphatic heterocycles. The van der Waals surface area contributed by atoms with Crippen molar-refractivity contribution in [2.24, 2.45) is 0 Å². The lowest BCUT2D eigenvalue weighted by molar-refractivity contribution is -0.152. The number of halogens is 3. The van der Waals surface area contributed by atoms with Crippen LogP contribution in [0.25, 0.3) is 10.9 Å². The SMILES string of the molecule is COC(=O)[C@H](Cc1c[nH]c2ccccc12)N(Cc1cc(Cl)cc(Cl)c1OC)C(=O)CBr. The second-order valence-corrected chi connectivity index (χ2v) is 8.24. The van der Waals surface area contributed by atoms with E-state index in [0.717, 1.165) is 16.5 Å². The predicted molar refractivity (Wildman–Crippen MR) is 125 cm³/mol. The van der Waals surface area contributed by atoms with Gasteiger partial charge in [0.05, 0.1) is 31.1 Å². The van der Waals surface area contributed by atoms with E-state index in [1.54, 1.807) is 12.1 Å². The van der Waals surface area contributed by atoms with E-state index in [1.807, 2.05) is 30.5 Å². The summed E-state index contributed by atoms with van der Waals surface area (Å²) >= 11 is 15.7. The van der Waals surface area contributed by atoms with Crippen LogP contribution in [-0.4, -0.2) is 47.4 Å². The van der Waals surface area contributed by atoms with Gasteiger partial charge in [0.25, 0.3) is 0 Å². The Morgan fingerprint density at radius 2 is 1.90 bits per heavy atom. The molecule has 0 saturated heterocycles. The van der Waals surface area contributed by atoms with Crippen LogP contribution in [-0.2, 0) is 27.3 Å². The molecule has 0 aliphatic rings. The molecule has 9 heteroatoms. The number of nitrogens with zero attached hydrogens (tertiary/aromatic N) is 1. The number of carbonyl (C=O) groups excluding carboxylic acids is 2. The summed E-state index contributed by atoms with van der Waals surface area (Å²) in [5.74, 6) is -0.408. The van der Waals surface area contributed by atoms with Crippen LogP contribution in [0.4, 0.5) is 0 Å². The monoisotopic (exact) mass is 526 g/mol. The van der Waals surface area contributed by atoms with Crippen LogP contribution in [0.1, 0.15) is 11.1 Å². The molecular formula is C22H21BrCl2N2O4. The highest BCUT2D eigenvalue weighted by Crippen LogP contribution is 2.34. The minimum absolute atomic E-state index is 0.0327. The first-order valence-electron chi connectivity index (χ1n) is 9.39. The summed E-state index contributed by atoms with van der Waals surface area (Å²) < 4.78 is 10.5. The number of para-hydroxylation sites is 1. The fourth-order valence-corrected chi connectivity index (χ4v) is 4.49. The van der Waals surface area contributed by atoms with Crippen molar-refractivity contribution in [2.45, 2.75) is 19.0 Å². The minimum Gasteiger partial charge on any atom is -0.495 e. The number of alkyl halides is 1. The molecule has 0 saturated carbocycles. The number of rotatable bonds is 8. The molecule has 0 fully saturated rings. The molecule has 2 aromatic carbocycles. The molecule has 1 amide bonds. The minimum atomic E-state index is -0.864. The normalized spacial score (nSPS) is 11.9. The highest BCUT2D eigenvalue weighted by atomic mass is 79.9. The van der Waals surface area contributed by atoms with Gasteiger partial charge in [-0.25, -0.2) is 4.79 Å². The number of amides is 1. The number of benzene rings is 2. The smallest absolute Gasteiger partial charge is 0.328 e. The topological polar surface area (TPSA) is 71.6 Å². The zero-order valence-corrected chi connectivity index (χ0v) is 20.1. The van der Waals surface area contributed by atoms with E-state index in [4.69, 9.17) is 32.7 Å². The van der Waals surface area contributed by atoms with Crippen molar-refractivity contribution < 1.29 is 19.1 Å². The van der Waals surface area contributed by atoms with Gasteiger partial charge in [-0.2, -0.15) is 0 Å². The quantitative estimate of drug-likeness (QED) is 0.331. The molecule has 1 heterocycles. The molecule has 31 heavy (non-hydrogen) atoms. The first kappa shape index (κ1) is 23.4. The third kappa shape index (κ3) is 5.17. The van der Waals surface area contributed by atoms with Crippen molar-refractivity contribution in [3.8, 4) is 5.75 Å². The molecule has 164 valence electrons. The number of methoxy groups -OCH3 is 2. The van der Waals surface area contributed by atoms with Gasteiger partial charge < -0.3 is 19.4 Å². The van der Waals surface area contributed by atoms with Crippen molar-refractivity contribution in [1.82, 2.24) is 9.88 Å². The number of nitrogens with one attached hydrogen (secondary N) is 1. The van der Waals surface area contributed by atoms with Crippen LogP contribution in [0.2, 0.25) is 10.0 Å². The highest BCUT2D eigenvalue weighted by Gasteiger charge is 2.32. The summed E-state index contributed by atoms with van der Waals surface area (Å²) in [4.78, 5) is 30.3. The summed E-state index contributed by atoms with van der Waals surface area (Å²) in [5.41, 5.74) is 2.43. The number of fused-ring (bicyclic) bond motifs is 1. The van der Waals surface area contributed by atoms with Crippen LogP contribution in [0.5, 0.6) is 5.75 Å². The second-order valence-electron chi connectivity index (χ2n) is 6.84. The molecule has 1 atom stereocenters. The Kier molecular flexibility index (Phi) is 7.86. The van der Waals surface area contributed by atoms with Crippen LogP contribution < -0.4 is 4.74 Å². The lowest BCUT2D eigenvalue weighted by atomic mass is 10.0. The van der Waals surface area contributed by atoms with E-state index in [-0.39, 0.29) is 24.2 Å². The molecule has 0 bridgehead atoms. The summed E-state index contributed by atoms with van der Waals surface area (Å²) in [5, 5.41) is 1.73. The number of hydrogen-bond acceptors (Lipinski definition) is 4. The molecule has 1 aromatic heterocycles. The van der Waals surface area contributed by atoms with Gasteiger partial charge in [-0.15, -0.1) is 0 Å². The number of aromatic amines is 1.